The largest absolute Gasteiger partial charge is 0.480 e. The zero-order valence-corrected chi connectivity index (χ0v) is 16.9. The number of nitrogens with one attached hydrogen (secondary N) is 2. The van der Waals surface area contributed by atoms with E-state index in [1.807, 2.05) is 25.7 Å². The predicted octanol–water partition coefficient (Wildman–Crippen LogP) is 0.812. The highest BCUT2D eigenvalue weighted by Gasteiger charge is 2.26. The number of carbonyl (C=O) groups excluding carboxylic acids is 2. The first-order valence-electron chi connectivity index (χ1n) is 8.93. The molecule has 1 aliphatic rings. The van der Waals surface area contributed by atoms with E-state index < -0.39 is 36.2 Å². The van der Waals surface area contributed by atoms with Crippen molar-refractivity contribution >= 4 is 34.4 Å². The number of alkyl carbamates (subject to hydrolysis) is 1. The average molecular weight is 414 g/mol. The Morgan fingerprint density at radius 2 is 2.00 bits per heavy atom. The molecule has 1 aromatic rings. The normalized spacial score (nSPS) is 16.4. The van der Waals surface area contributed by atoms with Crippen molar-refractivity contribution in [3.05, 3.63) is 11.1 Å². The van der Waals surface area contributed by atoms with Crippen molar-refractivity contribution in [3.63, 3.8) is 0 Å². The number of piperidine rings is 1. The van der Waals surface area contributed by atoms with Gasteiger partial charge in [0.25, 0.3) is 5.91 Å². The number of carbonyl (C=O) groups is 3. The molecule has 28 heavy (non-hydrogen) atoms. The second-order valence-corrected chi connectivity index (χ2v) is 8.31. The summed E-state index contributed by atoms with van der Waals surface area (Å²) in [7, 11) is 0. The van der Waals surface area contributed by atoms with Crippen LogP contribution in [0.4, 0.5) is 9.93 Å². The fraction of sp³-hybridized carbons (Fsp3) is 0.647. The molecule has 0 unspecified atom stereocenters. The number of hydrogen-bond acceptors (Lipinski definition) is 8. The quantitative estimate of drug-likeness (QED) is 0.536. The van der Waals surface area contributed by atoms with Crippen LogP contribution in [0, 0.1) is 0 Å². The summed E-state index contributed by atoms with van der Waals surface area (Å²) in [5, 5.41) is 25.2. The summed E-state index contributed by atoms with van der Waals surface area (Å²) in [5.41, 5.74) is -0.438. The first kappa shape index (κ1) is 21.9. The van der Waals surface area contributed by atoms with Crippen molar-refractivity contribution in [1.82, 2.24) is 15.6 Å². The van der Waals surface area contributed by atoms with Crippen LogP contribution in [0.3, 0.4) is 0 Å². The molecule has 0 radical (unpaired) electrons. The van der Waals surface area contributed by atoms with E-state index in [2.05, 4.69) is 15.6 Å². The van der Waals surface area contributed by atoms with Crippen molar-refractivity contribution < 1.29 is 29.3 Å². The maximum absolute atomic E-state index is 12.1. The molecule has 11 heteroatoms. The van der Waals surface area contributed by atoms with Crippen LogP contribution in [0.25, 0.3) is 0 Å². The number of aliphatic carboxylic acids is 1. The SMILES string of the molecule is CC(C)(C)OC(=O)NC1CCN(c2nc(C(=O)N[C@@H](CO)C(=O)O)cs2)CC1. The fourth-order valence-corrected chi connectivity index (χ4v) is 3.48. The first-order chi connectivity index (χ1) is 13.1. The van der Waals surface area contributed by atoms with Gasteiger partial charge in [-0.3, -0.25) is 4.79 Å². The number of aliphatic hydroxyl groups excluding tert-OH is 1. The van der Waals surface area contributed by atoms with E-state index in [0.29, 0.717) is 31.1 Å². The molecule has 4 N–H and O–H groups in total. The molecule has 10 nitrogen and oxygen atoms in total. The Morgan fingerprint density at radius 1 is 1.36 bits per heavy atom. The van der Waals surface area contributed by atoms with Gasteiger partial charge in [-0.2, -0.15) is 0 Å². The van der Waals surface area contributed by atoms with Gasteiger partial charge in [-0.15, -0.1) is 11.3 Å². The number of ether oxygens (including phenoxy) is 1. The molecule has 1 aromatic heterocycles. The number of amides is 2. The molecular formula is C17H26N4O6S. The van der Waals surface area contributed by atoms with Crippen LogP contribution < -0.4 is 15.5 Å². The average Bonchev–Trinajstić information content (AvgIpc) is 3.08. The lowest BCUT2D eigenvalue weighted by Gasteiger charge is -2.32. The van der Waals surface area contributed by atoms with Gasteiger partial charge in [0, 0.05) is 24.5 Å². The molecule has 1 atom stereocenters. The minimum Gasteiger partial charge on any atom is -0.480 e. The van der Waals surface area contributed by atoms with Crippen LogP contribution in [-0.2, 0) is 9.53 Å². The van der Waals surface area contributed by atoms with Gasteiger partial charge in [0.15, 0.2) is 11.2 Å². The lowest BCUT2D eigenvalue weighted by Crippen LogP contribution is -2.46. The highest BCUT2D eigenvalue weighted by molar-refractivity contribution is 7.13. The molecule has 156 valence electrons. The van der Waals surface area contributed by atoms with Crippen LogP contribution >= 0.6 is 11.3 Å². The Hall–Kier alpha value is -2.40. The highest BCUT2D eigenvalue weighted by atomic mass is 32.1. The van der Waals surface area contributed by atoms with Gasteiger partial charge >= 0.3 is 12.1 Å². The Balaban J connectivity index is 1.86. The zero-order valence-electron chi connectivity index (χ0n) is 16.1. The van der Waals surface area contributed by atoms with Crippen molar-refractivity contribution in [2.75, 3.05) is 24.6 Å². The lowest BCUT2D eigenvalue weighted by atomic mass is 10.1. The maximum Gasteiger partial charge on any atom is 0.407 e. The molecule has 0 aliphatic carbocycles. The third kappa shape index (κ3) is 6.34. The third-order valence-electron chi connectivity index (χ3n) is 4.00. The van der Waals surface area contributed by atoms with Gasteiger partial charge in [0.05, 0.1) is 6.61 Å². The lowest BCUT2D eigenvalue weighted by molar-refractivity contribution is -0.140. The molecule has 0 aromatic carbocycles. The minimum atomic E-state index is -1.37. The van der Waals surface area contributed by atoms with Crippen LogP contribution in [0.15, 0.2) is 5.38 Å². The van der Waals surface area contributed by atoms with E-state index in [9.17, 15) is 14.4 Å². The third-order valence-corrected chi connectivity index (χ3v) is 4.90. The van der Waals surface area contributed by atoms with Crippen LogP contribution in [-0.4, -0.2) is 70.5 Å². The summed E-state index contributed by atoms with van der Waals surface area (Å²) in [5.74, 6) is -1.96. The van der Waals surface area contributed by atoms with Gasteiger partial charge in [-0.1, -0.05) is 0 Å². The molecule has 2 heterocycles. The predicted molar refractivity (Wildman–Crippen MR) is 103 cm³/mol. The molecule has 2 amide bonds. The number of carboxylic acids is 1. The molecule has 0 spiro atoms. The highest BCUT2D eigenvalue weighted by Crippen LogP contribution is 2.24. The van der Waals surface area contributed by atoms with Gasteiger partial charge in [-0.05, 0) is 33.6 Å². The fourth-order valence-electron chi connectivity index (χ4n) is 2.62. The van der Waals surface area contributed by atoms with Gasteiger partial charge in [0.2, 0.25) is 0 Å². The Bertz CT molecular complexity index is 709. The van der Waals surface area contributed by atoms with Gasteiger partial charge in [0.1, 0.15) is 11.3 Å². The van der Waals surface area contributed by atoms with Crippen LogP contribution in [0.2, 0.25) is 0 Å². The van der Waals surface area contributed by atoms with E-state index in [0.717, 1.165) is 0 Å². The molecule has 1 fully saturated rings. The summed E-state index contributed by atoms with van der Waals surface area (Å²) >= 11 is 1.28. The zero-order chi connectivity index (χ0) is 20.9. The Labute approximate surface area is 166 Å². The first-order valence-corrected chi connectivity index (χ1v) is 9.81. The summed E-state index contributed by atoms with van der Waals surface area (Å²) in [6.07, 6.45) is 0.994. The standard InChI is InChI=1S/C17H26N4O6S/c1-17(2,3)27-16(26)18-10-4-6-21(7-5-10)15-20-12(9-28-15)13(23)19-11(8-22)14(24)25/h9-11,22H,4-8H2,1-3H3,(H,18,26)(H,19,23)(H,24,25)/t11-/m0/s1. The maximum atomic E-state index is 12.1. The van der Waals surface area contributed by atoms with E-state index in [1.54, 1.807) is 5.38 Å². The van der Waals surface area contributed by atoms with Crippen molar-refractivity contribution in [2.24, 2.45) is 0 Å². The number of anilines is 1. The monoisotopic (exact) mass is 414 g/mol. The minimum absolute atomic E-state index is 0.00899. The molecular weight excluding hydrogens is 388 g/mol. The molecule has 1 saturated heterocycles. The number of aromatic nitrogens is 1. The molecule has 2 rings (SSSR count). The summed E-state index contributed by atoms with van der Waals surface area (Å²) in [6, 6.07) is -1.36. The van der Waals surface area contributed by atoms with Gasteiger partial charge < -0.3 is 30.5 Å². The van der Waals surface area contributed by atoms with Crippen molar-refractivity contribution in [1.29, 1.82) is 0 Å². The number of rotatable bonds is 6. The van der Waals surface area contributed by atoms with Crippen molar-refractivity contribution in [2.45, 2.75) is 51.3 Å². The number of nitrogens with zero attached hydrogens (tertiary/aromatic N) is 2. The number of aliphatic hydroxyl groups is 1. The molecule has 0 saturated carbocycles. The number of thiazole rings is 1. The van der Waals surface area contributed by atoms with Crippen LogP contribution in [0.1, 0.15) is 44.1 Å². The Morgan fingerprint density at radius 3 is 2.54 bits per heavy atom. The summed E-state index contributed by atoms with van der Waals surface area (Å²) in [6.45, 7) is 6.04. The van der Waals surface area contributed by atoms with E-state index in [-0.39, 0.29) is 11.7 Å². The van der Waals surface area contributed by atoms with Gasteiger partial charge in [-0.25, -0.2) is 14.6 Å². The van der Waals surface area contributed by atoms with E-state index >= 15 is 0 Å². The molecule has 0 bridgehead atoms. The second kappa shape index (κ2) is 9.20. The number of hydrogen-bond donors (Lipinski definition) is 4. The van der Waals surface area contributed by atoms with E-state index in [4.69, 9.17) is 14.9 Å². The van der Waals surface area contributed by atoms with Crippen molar-refractivity contribution in [3.8, 4) is 0 Å². The topological polar surface area (TPSA) is 141 Å². The number of carboxylic acid groups (broad SMARTS) is 1. The second-order valence-electron chi connectivity index (χ2n) is 7.47. The Kier molecular flexibility index (Phi) is 7.19. The molecule has 1 aliphatic heterocycles. The summed E-state index contributed by atoms with van der Waals surface area (Å²) < 4.78 is 5.26. The summed E-state index contributed by atoms with van der Waals surface area (Å²) in [4.78, 5) is 41.1. The van der Waals surface area contributed by atoms with Crippen LogP contribution in [0.5, 0.6) is 0 Å². The smallest absolute Gasteiger partial charge is 0.407 e. The van der Waals surface area contributed by atoms with E-state index in [1.165, 1.54) is 11.3 Å².